The predicted octanol–water partition coefficient (Wildman–Crippen LogP) is 1.01. The molecule has 0 saturated heterocycles. The molecule has 18 heavy (non-hydrogen) atoms. The van der Waals surface area contributed by atoms with E-state index < -0.39 is 0 Å². The third-order valence-corrected chi connectivity index (χ3v) is 2.74. The van der Waals surface area contributed by atoms with Gasteiger partial charge >= 0.3 is 6.03 Å². The van der Waals surface area contributed by atoms with E-state index in [4.69, 9.17) is 5.11 Å². The van der Waals surface area contributed by atoms with Crippen LogP contribution in [0, 0.1) is 5.41 Å². The third kappa shape index (κ3) is 5.67. The molecule has 0 radical (unpaired) electrons. The largest absolute Gasteiger partial charge is 0.396 e. The van der Waals surface area contributed by atoms with Crippen molar-refractivity contribution in [1.29, 1.82) is 0 Å². The SMILES string of the molecule is CC(C)(CO)CCCNC(=O)NCc1ccn[nH]1. The first-order chi connectivity index (χ1) is 8.53. The molecule has 4 N–H and O–H groups in total. The number of nitrogens with one attached hydrogen (secondary N) is 3. The summed E-state index contributed by atoms with van der Waals surface area (Å²) >= 11 is 0. The normalized spacial score (nSPS) is 11.3. The molecule has 1 heterocycles. The van der Waals surface area contributed by atoms with Gasteiger partial charge in [0.05, 0.1) is 12.2 Å². The molecule has 0 aliphatic rings. The Hall–Kier alpha value is -1.56. The molecule has 0 aliphatic carbocycles. The average molecular weight is 254 g/mol. The van der Waals surface area contributed by atoms with Gasteiger partial charge in [-0.25, -0.2) is 4.79 Å². The standard InChI is InChI=1S/C12H22N4O2/c1-12(2,9-17)5-3-6-13-11(18)14-8-10-4-7-15-16-10/h4,7,17H,3,5-6,8-9H2,1-2H3,(H,15,16)(H2,13,14,18). The molecular formula is C12H22N4O2. The van der Waals surface area contributed by atoms with Crippen LogP contribution < -0.4 is 10.6 Å². The van der Waals surface area contributed by atoms with Gasteiger partial charge in [-0.15, -0.1) is 0 Å². The number of aliphatic hydroxyl groups excluding tert-OH is 1. The molecule has 0 atom stereocenters. The van der Waals surface area contributed by atoms with Crippen LogP contribution in [0.2, 0.25) is 0 Å². The van der Waals surface area contributed by atoms with Crippen molar-refractivity contribution in [2.45, 2.75) is 33.2 Å². The summed E-state index contributed by atoms with van der Waals surface area (Å²) in [5.74, 6) is 0. The first kappa shape index (κ1) is 14.5. The number of hydrogen-bond donors (Lipinski definition) is 4. The second-order valence-electron chi connectivity index (χ2n) is 5.12. The van der Waals surface area contributed by atoms with Crippen LogP contribution in [0.25, 0.3) is 0 Å². The topological polar surface area (TPSA) is 90.0 Å². The molecule has 6 heteroatoms. The molecule has 2 amide bonds. The van der Waals surface area contributed by atoms with Crippen molar-refractivity contribution in [2.24, 2.45) is 5.41 Å². The summed E-state index contributed by atoms with van der Waals surface area (Å²) in [5.41, 5.74) is 0.792. The summed E-state index contributed by atoms with van der Waals surface area (Å²) in [6.45, 7) is 5.22. The highest BCUT2D eigenvalue weighted by atomic mass is 16.3. The van der Waals surface area contributed by atoms with Crippen LogP contribution in [-0.2, 0) is 6.54 Å². The lowest BCUT2D eigenvalue weighted by Crippen LogP contribution is -2.36. The van der Waals surface area contributed by atoms with E-state index in [0.29, 0.717) is 13.1 Å². The van der Waals surface area contributed by atoms with Gasteiger partial charge in [0, 0.05) is 19.3 Å². The van der Waals surface area contributed by atoms with Crippen molar-refractivity contribution >= 4 is 6.03 Å². The number of aromatic nitrogens is 2. The zero-order chi connectivity index (χ0) is 13.4. The number of rotatable bonds is 7. The van der Waals surface area contributed by atoms with Crippen molar-refractivity contribution in [1.82, 2.24) is 20.8 Å². The number of urea groups is 1. The van der Waals surface area contributed by atoms with Crippen LogP contribution in [0.5, 0.6) is 0 Å². The van der Waals surface area contributed by atoms with Crippen LogP contribution >= 0.6 is 0 Å². The number of amides is 2. The van der Waals surface area contributed by atoms with Gasteiger partial charge in [-0.2, -0.15) is 5.10 Å². The number of aromatic amines is 1. The molecule has 0 aromatic carbocycles. The molecule has 0 fully saturated rings. The maximum atomic E-state index is 11.4. The number of carbonyl (C=O) groups excluding carboxylic acids is 1. The van der Waals surface area contributed by atoms with E-state index >= 15 is 0 Å². The maximum absolute atomic E-state index is 11.4. The minimum atomic E-state index is -0.189. The molecular weight excluding hydrogens is 232 g/mol. The highest BCUT2D eigenvalue weighted by Gasteiger charge is 2.15. The lowest BCUT2D eigenvalue weighted by Gasteiger charge is -2.21. The molecule has 102 valence electrons. The second-order valence-corrected chi connectivity index (χ2v) is 5.12. The van der Waals surface area contributed by atoms with Gasteiger partial charge < -0.3 is 15.7 Å². The van der Waals surface area contributed by atoms with Gasteiger partial charge in [0.25, 0.3) is 0 Å². The molecule has 0 saturated carbocycles. The van der Waals surface area contributed by atoms with E-state index in [2.05, 4.69) is 20.8 Å². The summed E-state index contributed by atoms with van der Waals surface area (Å²) in [5, 5.41) is 21.1. The summed E-state index contributed by atoms with van der Waals surface area (Å²) in [6, 6.07) is 1.62. The first-order valence-electron chi connectivity index (χ1n) is 6.14. The highest BCUT2D eigenvalue weighted by molar-refractivity contribution is 5.73. The molecule has 1 aromatic heterocycles. The maximum Gasteiger partial charge on any atom is 0.315 e. The van der Waals surface area contributed by atoms with Crippen molar-refractivity contribution in [3.05, 3.63) is 18.0 Å². The zero-order valence-corrected chi connectivity index (χ0v) is 11.0. The van der Waals surface area contributed by atoms with Gasteiger partial charge in [0.2, 0.25) is 0 Å². The van der Waals surface area contributed by atoms with Crippen molar-refractivity contribution in [3.63, 3.8) is 0 Å². The Kier molecular flexibility index (Phi) is 5.64. The van der Waals surface area contributed by atoms with Gasteiger partial charge in [-0.05, 0) is 24.3 Å². The fourth-order valence-corrected chi connectivity index (χ4v) is 1.47. The van der Waals surface area contributed by atoms with Gasteiger partial charge in [-0.3, -0.25) is 5.10 Å². The van der Waals surface area contributed by atoms with Crippen LogP contribution in [0.15, 0.2) is 12.3 Å². The van der Waals surface area contributed by atoms with Crippen LogP contribution in [0.1, 0.15) is 32.4 Å². The fraction of sp³-hybridized carbons (Fsp3) is 0.667. The Balaban J connectivity index is 2.07. The average Bonchev–Trinajstić information content (AvgIpc) is 2.85. The summed E-state index contributed by atoms with van der Waals surface area (Å²) in [6.07, 6.45) is 3.38. The Morgan fingerprint density at radius 1 is 1.50 bits per heavy atom. The Labute approximate surface area is 107 Å². The highest BCUT2D eigenvalue weighted by Crippen LogP contribution is 2.20. The second kappa shape index (κ2) is 7.00. The van der Waals surface area contributed by atoms with E-state index in [1.54, 1.807) is 6.20 Å². The summed E-state index contributed by atoms with van der Waals surface area (Å²) < 4.78 is 0. The molecule has 0 unspecified atom stereocenters. The summed E-state index contributed by atoms with van der Waals surface area (Å²) in [7, 11) is 0. The molecule has 1 rings (SSSR count). The van der Waals surface area contributed by atoms with Crippen LogP contribution in [-0.4, -0.2) is 34.5 Å². The minimum absolute atomic E-state index is 0.0753. The van der Waals surface area contributed by atoms with Gasteiger partial charge in [-0.1, -0.05) is 13.8 Å². The van der Waals surface area contributed by atoms with Crippen LogP contribution in [0.3, 0.4) is 0 Å². The zero-order valence-electron chi connectivity index (χ0n) is 11.0. The van der Waals surface area contributed by atoms with Crippen LogP contribution in [0.4, 0.5) is 4.79 Å². The number of hydrogen-bond acceptors (Lipinski definition) is 3. The molecule has 0 bridgehead atoms. The number of nitrogens with zero attached hydrogens (tertiary/aromatic N) is 1. The summed E-state index contributed by atoms with van der Waals surface area (Å²) in [4.78, 5) is 11.4. The monoisotopic (exact) mass is 254 g/mol. The first-order valence-corrected chi connectivity index (χ1v) is 6.14. The predicted molar refractivity (Wildman–Crippen MR) is 68.9 cm³/mol. The molecule has 0 aliphatic heterocycles. The lowest BCUT2D eigenvalue weighted by molar-refractivity contribution is 0.148. The number of carbonyl (C=O) groups is 1. The van der Waals surface area contributed by atoms with E-state index in [1.807, 2.05) is 19.9 Å². The Bertz CT molecular complexity index is 349. The van der Waals surface area contributed by atoms with Gasteiger partial charge in [0.15, 0.2) is 0 Å². The Morgan fingerprint density at radius 2 is 2.28 bits per heavy atom. The molecule has 1 aromatic rings. The third-order valence-electron chi connectivity index (χ3n) is 2.74. The number of H-pyrrole nitrogens is 1. The number of aliphatic hydroxyl groups is 1. The molecule has 6 nitrogen and oxygen atoms in total. The van der Waals surface area contributed by atoms with Crippen molar-refractivity contribution < 1.29 is 9.90 Å². The van der Waals surface area contributed by atoms with Gasteiger partial charge in [0.1, 0.15) is 0 Å². The smallest absolute Gasteiger partial charge is 0.315 e. The fourth-order valence-electron chi connectivity index (χ4n) is 1.47. The lowest BCUT2D eigenvalue weighted by atomic mass is 9.89. The van der Waals surface area contributed by atoms with E-state index in [0.717, 1.165) is 18.5 Å². The Morgan fingerprint density at radius 3 is 2.89 bits per heavy atom. The van der Waals surface area contributed by atoms with E-state index in [1.165, 1.54) is 0 Å². The van der Waals surface area contributed by atoms with E-state index in [-0.39, 0.29) is 18.1 Å². The van der Waals surface area contributed by atoms with Crippen molar-refractivity contribution in [3.8, 4) is 0 Å². The quantitative estimate of drug-likeness (QED) is 0.547. The van der Waals surface area contributed by atoms with E-state index in [9.17, 15) is 4.79 Å². The molecule has 0 spiro atoms. The van der Waals surface area contributed by atoms with Crippen molar-refractivity contribution in [2.75, 3.05) is 13.2 Å². The minimum Gasteiger partial charge on any atom is -0.396 e.